The van der Waals surface area contributed by atoms with Gasteiger partial charge in [0.25, 0.3) is 5.91 Å². The fourth-order valence-electron chi connectivity index (χ4n) is 3.73. The normalized spacial score (nSPS) is 15.0. The van der Waals surface area contributed by atoms with Gasteiger partial charge in [-0.15, -0.1) is 11.3 Å². The minimum absolute atomic E-state index is 0.0387. The van der Waals surface area contributed by atoms with Crippen molar-refractivity contribution in [1.29, 1.82) is 0 Å². The van der Waals surface area contributed by atoms with E-state index in [4.69, 9.17) is 17.3 Å². The zero-order chi connectivity index (χ0) is 30.8. The van der Waals surface area contributed by atoms with Crippen molar-refractivity contribution in [3.8, 4) is 11.1 Å². The standard InChI is InChI=1S/C26H17F6N3O4S3/c27-25(28,29)16-6-14(7-17(9-16)26(30,31)32)15-8-18(41-12-15)10-20-22(37)35(24(40)42-20)4-2-21(36)34-11-13-1-3-33-19(5-13)23(38)39/h1,3,5-10,12H,2,4,11H2,(H,34,36)(H,38,39). The number of alkyl halides is 6. The number of carbonyl (C=O) groups excluding carboxylic acids is 2. The molecular weight excluding hydrogens is 628 g/mol. The van der Waals surface area contributed by atoms with Crippen molar-refractivity contribution in [2.75, 3.05) is 6.54 Å². The lowest BCUT2D eigenvalue weighted by Gasteiger charge is -2.14. The lowest BCUT2D eigenvalue weighted by Crippen LogP contribution is -2.33. The molecule has 0 saturated carbocycles. The summed E-state index contributed by atoms with van der Waals surface area (Å²) in [4.78, 5) is 41.7. The van der Waals surface area contributed by atoms with E-state index in [1.54, 1.807) is 0 Å². The molecule has 0 spiro atoms. The quantitative estimate of drug-likeness (QED) is 0.165. The molecule has 1 aliphatic heterocycles. The first-order valence-corrected chi connectivity index (χ1v) is 13.8. The summed E-state index contributed by atoms with van der Waals surface area (Å²) in [5, 5.41) is 13.0. The number of pyridine rings is 1. The van der Waals surface area contributed by atoms with Crippen LogP contribution in [0.4, 0.5) is 26.3 Å². The Morgan fingerprint density at radius 2 is 1.69 bits per heavy atom. The number of aromatic nitrogens is 1. The molecule has 3 aromatic rings. The molecular formula is C26H17F6N3O4S3. The van der Waals surface area contributed by atoms with Gasteiger partial charge >= 0.3 is 18.3 Å². The van der Waals surface area contributed by atoms with Crippen LogP contribution in [0.25, 0.3) is 17.2 Å². The third-order valence-corrected chi connectivity index (χ3v) is 8.04. The Hall–Kier alpha value is -3.76. The van der Waals surface area contributed by atoms with Crippen LogP contribution in [0.15, 0.2) is 52.9 Å². The van der Waals surface area contributed by atoms with E-state index in [1.165, 1.54) is 40.8 Å². The van der Waals surface area contributed by atoms with Crippen molar-refractivity contribution in [2.45, 2.75) is 25.3 Å². The molecule has 1 aliphatic rings. The van der Waals surface area contributed by atoms with E-state index < -0.39 is 41.3 Å². The van der Waals surface area contributed by atoms with E-state index in [0.717, 1.165) is 23.1 Å². The summed E-state index contributed by atoms with van der Waals surface area (Å²) in [6, 6.07) is 5.54. The third-order valence-electron chi connectivity index (χ3n) is 5.78. The van der Waals surface area contributed by atoms with Crippen LogP contribution in [0.5, 0.6) is 0 Å². The number of benzene rings is 1. The Morgan fingerprint density at radius 3 is 2.31 bits per heavy atom. The molecule has 0 bridgehead atoms. The molecule has 0 atom stereocenters. The van der Waals surface area contributed by atoms with Crippen molar-refractivity contribution in [3.63, 3.8) is 0 Å². The van der Waals surface area contributed by atoms with Crippen LogP contribution in [0.1, 0.15) is 38.5 Å². The molecule has 220 valence electrons. The van der Waals surface area contributed by atoms with Crippen molar-refractivity contribution in [1.82, 2.24) is 15.2 Å². The second-order valence-electron chi connectivity index (χ2n) is 8.75. The summed E-state index contributed by atoms with van der Waals surface area (Å²) in [6.07, 6.45) is -7.36. The van der Waals surface area contributed by atoms with Gasteiger partial charge in [0.15, 0.2) is 0 Å². The molecule has 0 radical (unpaired) electrons. The number of carboxylic acid groups (broad SMARTS) is 1. The predicted octanol–water partition coefficient (Wildman–Crippen LogP) is 6.45. The van der Waals surface area contributed by atoms with Gasteiger partial charge in [-0.3, -0.25) is 14.5 Å². The summed E-state index contributed by atoms with van der Waals surface area (Å²) in [7, 11) is 0. The van der Waals surface area contributed by atoms with E-state index in [9.17, 15) is 40.7 Å². The van der Waals surface area contributed by atoms with E-state index in [0.29, 0.717) is 22.6 Å². The molecule has 2 N–H and O–H groups in total. The fourth-order valence-corrected chi connectivity index (χ4v) is 5.95. The monoisotopic (exact) mass is 645 g/mol. The third kappa shape index (κ3) is 7.54. The second kappa shape index (κ2) is 12.2. The zero-order valence-electron chi connectivity index (χ0n) is 20.9. The molecule has 7 nitrogen and oxygen atoms in total. The maximum Gasteiger partial charge on any atom is 0.416 e. The first-order chi connectivity index (χ1) is 19.6. The van der Waals surface area contributed by atoms with Gasteiger partial charge in [-0.2, -0.15) is 26.3 Å². The Bertz CT molecular complexity index is 1570. The van der Waals surface area contributed by atoms with Crippen LogP contribution in [0, 0.1) is 0 Å². The molecule has 1 saturated heterocycles. The van der Waals surface area contributed by atoms with Crippen LogP contribution in [-0.4, -0.2) is 43.6 Å². The maximum absolute atomic E-state index is 13.2. The molecule has 42 heavy (non-hydrogen) atoms. The minimum Gasteiger partial charge on any atom is -0.477 e. The predicted molar refractivity (Wildman–Crippen MR) is 147 cm³/mol. The van der Waals surface area contributed by atoms with Crippen LogP contribution < -0.4 is 5.32 Å². The van der Waals surface area contributed by atoms with E-state index >= 15 is 0 Å². The summed E-state index contributed by atoms with van der Waals surface area (Å²) in [5.41, 5.74) is -2.70. The van der Waals surface area contributed by atoms with Gasteiger partial charge in [-0.05, 0) is 64.5 Å². The average molecular weight is 646 g/mol. The number of amides is 2. The Labute approximate surface area is 247 Å². The van der Waals surface area contributed by atoms with Crippen molar-refractivity contribution in [2.24, 2.45) is 0 Å². The zero-order valence-corrected chi connectivity index (χ0v) is 23.3. The van der Waals surface area contributed by atoms with Crippen LogP contribution in [0.3, 0.4) is 0 Å². The highest BCUT2D eigenvalue weighted by molar-refractivity contribution is 8.26. The van der Waals surface area contributed by atoms with Crippen LogP contribution in [0.2, 0.25) is 0 Å². The van der Waals surface area contributed by atoms with E-state index in [-0.39, 0.29) is 51.6 Å². The number of hydrogen-bond donors (Lipinski definition) is 2. The van der Waals surface area contributed by atoms with Crippen molar-refractivity contribution < 1.29 is 45.8 Å². The Kier molecular flexibility index (Phi) is 9.08. The van der Waals surface area contributed by atoms with Gasteiger partial charge in [0.2, 0.25) is 5.91 Å². The highest BCUT2D eigenvalue weighted by Gasteiger charge is 2.37. The molecule has 2 aromatic heterocycles. The topological polar surface area (TPSA) is 99.6 Å². The van der Waals surface area contributed by atoms with Crippen LogP contribution in [-0.2, 0) is 28.5 Å². The van der Waals surface area contributed by atoms with Gasteiger partial charge in [0.05, 0.1) is 16.0 Å². The van der Waals surface area contributed by atoms with Crippen LogP contribution >= 0.6 is 35.3 Å². The summed E-state index contributed by atoms with van der Waals surface area (Å²) in [5.74, 6) is -2.15. The number of carbonyl (C=O) groups is 3. The molecule has 0 aliphatic carbocycles. The summed E-state index contributed by atoms with van der Waals surface area (Å²) in [6.45, 7) is -0.0122. The van der Waals surface area contributed by atoms with Gasteiger partial charge in [-0.1, -0.05) is 24.0 Å². The summed E-state index contributed by atoms with van der Waals surface area (Å²) < 4.78 is 79.6. The van der Waals surface area contributed by atoms with Gasteiger partial charge in [-0.25, -0.2) is 9.78 Å². The van der Waals surface area contributed by atoms with Crippen molar-refractivity contribution in [3.05, 3.63) is 80.1 Å². The fraction of sp³-hybridized carbons (Fsp3) is 0.192. The highest BCUT2D eigenvalue weighted by atomic mass is 32.2. The molecule has 4 rings (SSSR count). The van der Waals surface area contributed by atoms with Gasteiger partial charge in [0.1, 0.15) is 10.0 Å². The number of nitrogens with zero attached hydrogens (tertiary/aromatic N) is 2. The number of halogens is 6. The second-order valence-corrected chi connectivity index (χ2v) is 11.4. The molecule has 1 aromatic carbocycles. The number of thiocarbonyl (C=S) groups is 1. The lowest BCUT2D eigenvalue weighted by atomic mass is 10.0. The molecule has 1 fully saturated rings. The van der Waals surface area contributed by atoms with E-state index in [1.807, 2.05) is 0 Å². The first kappa shape index (κ1) is 31.2. The maximum atomic E-state index is 13.2. The average Bonchev–Trinajstić information content (AvgIpc) is 3.49. The molecule has 2 amide bonds. The minimum atomic E-state index is -4.98. The summed E-state index contributed by atoms with van der Waals surface area (Å²) >= 11 is 7.21. The SMILES string of the molecule is O=C(CCN1C(=O)C(=Cc2cc(-c3cc(C(F)(F)F)cc(C(F)(F)F)c3)cs2)SC1=S)NCc1ccnc(C(=O)O)c1. The number of rotatable bonds is 8. The van der Waals surface area contributed by atoms with Gasteiger partial charge in [0, 0.05) is 30.6 Å². The lowest BCUT2D eigenvalue weighted by molar-refractivity contribution is -0.143. The largest absolute Gasteiger partial charge is 0.477 e. The number of thiophene rings is 1. The number of aromatic carboxylic acids is 1. The first-order valence-electron chi connectivity index (χ1n) is 11.7. The Morgan fingerprint density at radius 1 is 1.02 bits per heavy atom. The molecule has 16 heteroatoms. The number of nitrogens with one attached hydrogen (secondary N) is 1. The van der Waals surface area contributed by atoms with Crippen molar-refractivity contribution >= 4 is 63.5 Å². The highest BCUT2D eigenvalue weighted by Crippen LogP contribution is 2.40. The Balaban J connectivity index is 1.42. The van der Waals surface area contributed by atoms with E-state index in [2.05, 4.69) is 10.3 Å². The number of carboxylic acids is 1. The van der Waals surface area contributed by atoms with Gasteiger partial charge < -0.3 is 10.4 Å². The molecule has 0 unspecified atom stereocenters. The number of thioether (sulfide) groups is 1. The molecule has 3 heterocycles. The number of hydrogen-bond acceptors (Lipinski definition) is 7. The smallest absolute Gasteiger partial charge is 0.416 e.